The maximum absolute atomic E-state index is 11.0. The molecule has 0 amide bonds. The van der Waals surface area contributed by atoms with Gasteiger partial charge in [-0.2, -0.15) is 5.26 Å². The standard InChI is InChI=1S/C15H13N3O3/c16-6-8-13-17-9-3-1-2-4-10(9)18(13)11-5-15(8,19)14-20-7-12(11)21-14/h1-4,8,11-12,14,19H,5,7H2/t8-,11+,12-,14-,15-/m1/s1. The average molecular weight is 283 g/mol. The van der Waals surface area contributed by atoms with Gasteiger partial charge in [0.2, 0.25) is 0 Å². The van der Waals surface area contributed by atoms with Gasteiger partial charge in [0.1, 0.15) is 23.4 Å². The van der Waals surface area contributed by atoms with Gasteiger partial charge in [-0.15, -0.1) is 0 Å². The lowest BCUT2D eigenvalue weighted by Gasteiger charge is -2.47. The quantitative estimate of drug-likeness (QED) is 0.782. The largest absolute Gasteiger partial charge is 0.383 e. The van der Waals surface area contributed by atoms with Crippen molar-refractivity contribution < 1.29 is 14.6 Å². The molecule has 106 valence electrons. The maximum atomic E-state index is 11.0. The molecule has 2 aromatic rings. The molecule has 5 atom stereocenters. The molecule has 4 heterocycles. The van der Waals surface area contributed by atoms with E-state index in [0.29, 0.717) is 18.9 Å². The highest BCUT2D eigenvalue weighted by Gasteiger charge is 2.62. The zero-order chi connectivity index (χ0) is 14.2. The van der Waals surface area contributed by atoms with Crippen molar-refractivity contribution in [3.8, 4) is 6.07 Å². The van der Waals surface area contributed by atoms with E-state index in [1.165, 1.54) is 0 Å². The number of aromatic nitrogens is 2. The summed E-state index contributed by atoms with van der Waals surface area (Å²) in [4.78, 5) is 4.60. The number of benzene rings is 1. The van der Waals surface area contributed by atoms with Crippen LogP contribution in [0.3, 0.4) is 0 Å². The summed E-state index contributed by atoms with van der Waals surface area (Å²) in [7, 11) is 0. The van der Waals surface area contributed by atoms with E-state index in [1.807, 2.05) is 24.3 Å². The van der Waals surface area contributed by atoms with Gasteiger partial charge in [-0.3, -0.25) is 0 Å². The molecule has 0 radical (unpaired) electrons. The van der Waals surface area contributed by atoms with Crippen LogP contribution in [0.25, 0.3) is 11.0 Å². The third-order valence-corrected chi connectivity index (χ3v) is 4.93. The van der Waals surface area contributed by atoms with E-state index in [0.717, 1.165) is 11.0 Å². The van der Waals surface area contributed by atoms with Crippen molar-refractivity contribution >= 4 is 11.0 Å². The van der Waals surface area contributed by atoms with Gasteiger partial charge in [-0.05, 0) is 12.1 Å². The van der Waals surface area contributed by atoms with Gasteiger partial charge >= 0.3 is 0 Å². The molecule has 21 heavy (non-hydrogen) atoms. The summed E-state index contributed by atoms with van der Waals surface area (Å²) in [5, 5.41) is 20.6. The number of aliphatic hydroxyl groups is 1. The van der Waals surface area contributed by atoms with Crippen molar-refractivity contribution in [3.63, 3.8) is 0 Å². The van der Waals surface area contributed by atoms with Gasteiger partial charge in [0.15, 0.2) is 6.29 Å². The van der Waals surface area contributed by atoms with Crippen LogP contribution in [0, 0.1) is 11.3 Å². The molecule has 6 nitrogen and oxygen atoms in total. The Bertz CT molecular complexity index is 795. The van der Waals surface area contributed by atoms with Crippen LogP contribution in [0.15, 0.2) is 24.3 Å². The predicted molar refractivity (Wildman–Crippen MR) is 71.3 cm³/mol. The minimum Gasteiger partial charge on any atom is -0.383 e. The number of para-hydroxylation sites is 2. The fourth-order valence-corrected chi connectivity index (χ4v) is 3.97. The highest BCUT2D eigenvalue weighted by atomic mass is 16.7. The van der Waals surface area contributed by atoms with Crippen LogP contribution in [-0.2, 0) is 9.47 Å². The fraction of sp³-hybridized carbons (Fsp3) is 0.467. The van der Waals surface area contributed by atoms with E-state index in [1.54, 1.807) is 0 Å². The van der Waals surface area contributed by atoms with E-state index >= 15 is 0 Å². The molecule has 3 aliphatic heterocycles. The molecule has 2 fully saturated rings. The summed E-state index contributed by atoms with van der Waals surface area (Å²) >= 11 is 0. The minimum atomic E-state index is -1.32. The Labute approximate surface area is 120 Å². The van der Waals surface area contributed by atoms with Gasteiger partial charge in [-0.1, -0.05) is 12.1 Å². The van der Waals surface area contributed by atoms with E-state index < -0.39 is 17.8 Å². The normalized spacial score (nSPS) is 40.0. The molecule has 4 bridgehead atoms. The summed E-state index contributed by atoms with van der Waals surface area (Å²) in [6.45, 7) is 0.446. The molecule has 0 unspecified atom stereocenters. The summed E-state index contributed by atoms with van der Waals surface area (Å²) in [6.07, 6.45) is -0.350. The molecule has 0 spiro atoms. The zero-order valence-electron chi connectivity index (χ0n) is 11.1. The Hall–Kier alpha value is -1.94. The van der Waals surface area contributed by atoms with E-state index in [9.17, 15) is 10.4 Å². The lowest BCUT2D eigenvalue weighted by molar-refractivity contribution is -0.234. The number of imidazole rings is 1. The van der Waals surface area contributed by atoms with Crippen LogP contribution in [0.5, 0.6) is 0 Å². The third-order valence-electron chi connectivity index (χ3n) is 4.93. The van der Waals surface area contributed by atoms with Gasteiger partial charge in [0.25, 0.3) is 0 Å². The van der Waals surface area contributed by atoms with Crippen molar-refractivity contribution in [1.29, 1.82) is 5.26 Å². The monoisotopic (exact) mass is 283 g/mol. The summed E-state index contributed by atoms with van der Waals surface area (Å²) in [5.74, 6) is -0.119. The third kappa shape index (κ3) is 1.25. The first-order valence-corrected chi connectivity index (χ1v) is 7.08. The Kier molecular flexibility index (Phi) is 2.02. The molecule has 3 aliphatic rings. The van der Waals surface area contributed by atoms with Crippen molar-refractivity contribution in [2.24, 2.45) is 0 Å². The number of ether oxygens (including phenoxy) is 2. The van der Waals surface area contributed by atoms with E-state index in [4.69, 9.17) is 9.47 Å². The number of nitrogens with zero attached hydrogens (tertiary/aromatic N) is 3. The van der Waals surface area contributed by atoms with Crippen molar-refractivity contribution in [1.82, 2.24) is 9.55 Å². The van der Waals surface area contributed by atoms with E-state index in [2.05, 4.69) is 15.6 Å². The number of fused-ring (bicyclic) bond motifs is 10. The van der Waals surface area contributed by atoms with Crippen LogP contribution in [0.2, 0.25) is 0 Å². The molecule has 5 rings (SSSR count). The lowest BCUT2D eigenvalue weighted by Crippen LogP contribution is -2.57. The van der Waals surface area contributed by atoms with Gasteiger partial charge in [0.05, 0.1) is 29.8 Å². The Morgan fingerprint density at radius 3 is 3.14 bits per heavy atom. The van der Waals surface area contributed by atoms with Crippen LogP contribution in [-0.4, -0.2) is 39.3 Å². The molecular weight excluding hydrogens is 270 g/mol. The maximum Gasteiger partial charge on any atom is 0.188 e. The van der Waals surface area contributed by atoms with E-state index in [-0.39, 0.29) is 12.1 Å². The second kappa shape index (κ2) is 3.63. The molecule has 1 N–H and O–H groups in total. The molecule has 2 saturated heterocycles. The molecule has 0 aliphatic carbocycles. The molecule has 0 saturated carbocycles. The molecule has 1 aromatic heterocycles. The number of hydrogen-bond acceptors (Lipinski definition) is 5. The Morgan fingerprint density at radius 2 is 2.29 bits per heavy atom. The first kappa shape index (κ1) is 11.7. The Morgan fingerprint density at radius 1 is 1.43 bits per heavy atom. The lowest BCUT2D eigenvalue weighted by atomic mass is 9.76. The highest BCUT2D eigenvalue weighted by molar-refractivity contribution is 5.76. The molecular formula is C15H13N3O3. The first-order chi connectivity index (χ1) is 10.2. The van der Waals surface area contributed by atoms with Crippen LogP contribution >= 0.6 is 0 Å². The smallest absolute Gasteiger partial charge is 0.188 e. The molecule has 1 aromatic carbocycles. The summed E-state index contributed by atoms with van der Waals surface area (Å²) in [5.41, 5.74) is 0.513. The van der Waals surface area contributed by atoms with Crippen molar-refractivity contribution in [3.05, 3.63) is 30.1 Å². The molecule has 6 heteroatoms. The van der Waals surface area contributed by atoms with Crippen molar-refractivity contribution in [2.45, 2.75) is 36.4 Å². The van der Waals surface area contributed by atoms with Crippen LogP contribution < -0.4 is 0 Å². The summed E-state index contributed by atoms with van der Waals surface area (Å²) < 4.78 is 13.4. The second-order valence-corrected chi connectivity index (χ2v) is 5.99. The SMILES string of the molecule is N#C[C@@H]1c2nc3ccccc3n2[C@H]2C[C@]1(O)[C@@H]1OC[C@H]2O1. The zero-order valence-corrected chi connectivity index (χ0v) is 11.1. The van der Waals surface area contributed by atoms with Gasteiger partial charge in [-0.25, -0.2) is 4.98 Å². The Balaban J connectivity index is 1.85. The number of nitriles is 1. The van der Waals surface area contributed by atoms with Gasteiger partial charge < -0.3 is 19.1 Å². The van der Waals surface area contributed by atoms with Crippen LogP contribution in [0.1, 0.15) is 24.2 Å². The average Bonchev–Trinajstić information content (AvgIpc) is 3.09. The minimum absolute atomic E-state index is 0.0410. The highest BCUT2D eigenvalue weighted by Crippen LogP contribution is 2.52. The van der Waals surface area contributed by atoms with Gasteiger partial charge in [0, 0.05) is 6.42 Å². The summed E-state index contributed by atoms with van der Waals surface area (Å²) in [6, 6.07) is 9.97. The second-order valence-electron chi connectivity index (χ2n) is 5.99. The predicted octanol–water partition coefficient (Wildman–Crippen LogP) is 1.07. The van der Waals surface area contributed by atoms with Crippen molar-refractivity contribution in [2.75, 3.05) is 6.61 Å². The fourth-order valence-electron chi connectivity index (χ4n) is 3.97. The topological polar surface area (TPSA) is 80.3 Å². The van der Waals surface area contributed by atoms with Crippen LogP contribution in [0.4, 0.5) is 0 Å². The number of hydrogen-bond donors (Lipinski definition) is 1. The first-order valence-electron chi connectivity index (χ1n) is 7.08. The number of rotatable bonds is 0.